The third-order valence-electron chi connectivity index (χ3n) is 2.45. The molecule has 0 amide bonds. The van der Waals surface area contributed by atoms with Crippen molar-refractivity contribution in [3.8, 4) is 0 Å². The highest BCUT2D eigenvalue weighted by molar-refractivity contribution is 7.98. The Bertz CT molecular complexity index is 384. The van der Waals surface area contributed by atoms with E-state index in [0.29, 0.717) is 6.42 Å². The minimum Gasteiger partial charge on any atom is -0.396 e. The van der Waals surface area contributed by atoms with E-state index in [1.54, 1.807) is 0 Å². The van der Waals surface area contributed by atoms with Gasteiger partial charge in [0.1, 0.15) is 11.6 Å². The topological polar surface area (TPSA) is 70.1 Å². The van der Waals surface area contributed by atoms with Crippen LogP contribution in [0.2, 0.25) is 0 Å². The molecule has 5 nitrogen and oxygen atoms in total. The van der Waals surface area contributed by atoms with E-state index in [0.717, 1.165) is 23.3 Å². The molecule has 1 rings (SSSR count). The van der Waals surface area contributed by atoms with Gasteiger partial charge in [-0.05, 0) is 33.4 Å². The summed E-state index contributed by atoms with van der Waals surface area (Å²) in [6, 6.07) is 1.89. The number of hydrogen-bond acceptors (Lipinski definition) is 6. The summed E-state index contributed by atoms with van der Waals surface area (Å²) in [5.41, 5.74) is -0.192. The van der Waals surface area contributed by atoms with Gasteiger partial charge in [0.2, 0.25) is 0 Å². The highest BCUT2D eigenvalue weighted by Crippen LogP contribution is 2.21. The molecule has 0 aliphatic rings. The summed E-state index contributed by atoms with van der Waals surface area (Å²) in [5.74, 6) is 1.60. The molecule has 0 aromatic carbocycles. The monoisotopic (exact) mass is 270 g/mol. The molecule has 1 heterocycles. The van der Waals surface area contributed by atoms with E-state index >= 15 is 0 Å². The maximum Gasteiger partial charge on any atom is 0.191 e. The van der Waals surface area contributed by atoms with Crippen LogP contribution >= 0.6 is 11.8 Å². The van der Waals surface area contributed by atoms with Crippen LogP contribution in [0, 0.1) is 0 Å². The molecule has 1 aromatic heterocycles. The standard InChI is InChI=1S/C12H22N4OS/c1-5-13-9-8-10(15-11(14-9)18-4)16-12(2,3)6-7-17/h8,17H,5-7H2,1-4H3,(H2,13,14,15,16). The van der Waals surface area contributed by atoms with Gasteiger partial charge in [0.05, 0.1) is 0 Å². The lowest BCUT2D eigenvalue weighted by Crippen LogP contribution is -2.32. The quantitative estimate of drug-likeness (QED) is 0.521. The molecule has 0 aliphatic carbocycles. The van der Waals surface area contributed by atoms with Crippen molar-refractivity contribution >= 4 is 23.4 Å². The molecule has 18 heavy (non-hydrogen) atoms. The second kappa shape index (κ2) is 6.80. The first-order valence-electron chi connectivity index (χ1n) is 6.06. The molecule has 0 radical (unpaired) electrons. The normalized spacial score (nSPS) is 11.4. The summed E-state index contributed by atoms with van der Waals surface area (Å²) in [6.07, 6.45) is 2.62. The van der Waals surface area contributed by atoms with Gasteiger partial charge in [-0.25, -0.2) is 9.97 Å². The first-order chi connectivity index (χ1) is 8.50. The molecule has 3 N–H and O–H groups in total. The van der Waals surface area contributed by atoms with Crippen molar-refractivity contribution in [1.29, 1.82) is 0 Å². The Kier molecular flexibility index (Phi) is 5.68. The average molecular weight is 270 g/mol. The molecule has 1 aromatic rings. The van der Waals surface area contributed by atoms with Crippen LogP contribution in [0.1, 0.15) is 27.2 Å². The molecule has 0 saturated heterocycles. The van der Waals surface area contributed by atoms with Crippen LogP contribution in [0.3, 0.4) is 0 Å². The molecule has 0 atom stereocenters. The summed E-state index contributed by atoms with van der Waals surface area (Å²) in [5, 5.41) is 16.3. The molecule has 0 spiro atoms. The van der Waals surface area contributed by atoms with E-state index < -0.39 is 0 Å². The van der Waals surface area contributed by atoms with Crippen molar-refractivity contribution in [2.75, 3.05) is 30.0 Å². The van der Waals surface area contributed by atoms with E-state index in [4.69, 9.17) is 5.11 Å². The van der Waals surface area contributed by atoms with Crippen LogP contribution in [0.4, 0.5) is 11.6 Å². The largest absolute Gasteiger partial charge is 0.396 e. The molecule has 0 aliphatic heterocycles. The highest BCUT2D eigenvalue weighted by Gasteiger charge is 2.18. The summed E-state index contributed by atoms with van der Waals surface area (Å²) >= 11 is 1.51. The Hall–Kier alpha value is -1.01. The fourth-order valence-electron chi connectivity index (χ4n) is 1.54. The second-order valence-corrected chi connectivity index (χ2v) is 5.41. The molecular weight excluding hydrogens is 248 g/mol. The third kappa shape index (κ3) is 4.70. The van der Waals surface area contributed by atoms with Crippen LogP contribution in [0.25, 0.3) is 0 Å². The van der Waals surface area contributed by atoms with Crippen molar-refractivity contribution < 1.29 is 5.11 Å². The zero-order chi connectivity index (χ0) is 13.6. The van der Waals surface area contributed by atoms with Gasteiger partial charge in [0.25, 0.3) is 0 Å². The van der Waals surface area contributed by atoms with Gasteiger partial charge in [-0.15, -0.1) is 0 Å². The van der Waals surface area contributed by atoms with E-state index in [-0.39, 0.29) is 12.1 Å². The summed E-state index contributed by atoms with van der Waals surface area (Å²) in [7, 11) is 0. The van der Waals surface area contributed by atoms with Gasteiger partial charge in [0, 0.05) is 24.8 Å². The fraction of sp³-hybridized carbons (Fsp3) is 0.667. The van der Waals surface area contributed by atoms with Crippen molar-refractivity contribution in [3.05, 3.63) is 6.07 Å². The molecule has 0 unspecified atom stereocenters. The van der Waals surface area contributed by atoms with Crippen molar-refractivity contribution in [3.63, 3.8) is 0 Å². The van der Waals surface area contributed by atoms with E-state index in [1.807, 2.05) is 33.1 Å². The van der Waals surface area contributed by atoms with E-state index in [2.05, 4.69) is 20.6 Å². The number of rotatable bonds is 7. The Morgan fingerprint density at radius 1 is 1.33 bits per heavy atom. The van der Waals surface area contributed by atoms with Gasteiger partial charge in [0.15, 0.2) is 5.16 Å². The number of nitrogens with one attached hydrogen (secondary N) is 2. The predicted octanol–water partition coefficient (Wildman–Crippen LogP) is 2.20. The molecule has 0 fully saturated rings. The maximum absolute atomic E-state index is 9.03. The molecule has 0 saturated carbocycles. The Balaban J connectivity index is 2.90. The molecular formula is C12H22N4OS. The van der Waals surface area contributed by atoms with Gasteiger partial charge < -0.3 is 15.7 Å². The first-order valence-corrected chi connectivity index (χ1v) is 7.29. The van der Waals surface area contributed by atoms with Crippen molar-refractivity contribution in [2.24, 2.45) is 0 Å². The van der Waals surface area contributed by atoms with Crippen LogP contribution in [-0.4, -0.2) is 40.0 Å². The number of aromatic nitrogens is 2. The highest BCUT2D eigenvalue weighted by atomic mass is 32.2. The Morgan fingerprint density at radius 3 is 2.56 bits per heavy atom. The number of thioether (sulfide) groups is 1. The van der Waals surface area contributed by atoms with Crippen molar-refractivity contribution in [1.82, 2.24) is 9.97 Å². The lowest BCUT2D eigenvalue weighted by molar-refractivity contribution is 0.260. The van der Waals surface area contributed by atoms with Crippen LogP contribution < -0.4 is 10.6 Å². The van der Waals surface area contributed by atoms with Gasteiger partial charge in [-0.1, -0.05) is 11.8 Å². The zero-order valence-electron chi connectivity index (χ0n) is 11.4. The van der Waals surface area contributed by atoms with Gasteiger partial charge in [-0.2, -0.15) is 0 Å². The molecule has 102 valence electrons. The Labute approximate surface area is 113 Å². The second-order valence-electron chi connectivity index (χ2n) is 4.64. The van der Waals surface area contributed by atoms with Crippen LogP contribution in [-0.2, 0) is 0 Å². The third-order valence-corrected chi connectivity index (χ3v) is 3.00. The number of anilines is 2. The van der Waals surface area contributed by atoms with E-state index in [1.165, 1.54) is 11.8 Å². The summed E-state index contributed by atoms with van der Waals surface area (Å²) in [6.45, 7) is 7.09. The summed E-state index contributed by atoms with van der Waals surface area (Å²) < 4.78 is 0. The number of hydrogen-bond donors (Lipinski definition) is 3. The average Bonchev–Trinajstić information content (AvgIpc) is 2.28. The Morgan fingerprint density at radius 2 is 2.00 bits per heavy atom. The fourth-order valence-corrected chi connectivity index (χ4v) is 1.92. The minimum atomic E-state index is -0.192. The summed E-state index contributed by atoms with van der Waals surface area (Å²) in [4.78, 5) is 8.79. The van der Waals surface area contributed by atoms with Gasteiger partial charge in [-0.3, -0.25) is 0 Å². The lowest BCUT2D eigenvalue weighted by atomic mass is 10.0. The number of aliphatic hydroxyl groups excluding tert-OH is 1. The predicted molar refractivity (Wildman–Crippen MR) is 77.4 cm³/mol. The smallest absolute Gasteiger partial charge is 0.191 e. The zero-order valence-corrected chi connectivity index (χ0v) is 12.3. The number of nitrogens with zero attached hydrogens (tertiary/aromatic N) is 2. The minimum absolute atomic E-state index is 0.153. The van der Waals surface area contributed by atoms with Crippen molar-refractivity contribution in [2.45, 2.75) is 37.9 Å². The lowest BCUT2D eigenvalue weighted by Gasteiger charge is -2.26. The van der Waals surface area contributed by atoms with Gasteiger partial charge >= 0.3 is 0 Å². The van der Waals surface area contributed by atoms with E-state index in [9.17, 15) is 0 Å². The van der Waals surface area contributed by atoms with Crippen LogP contribution in [0.5, 0.6) is 0 Å². The number of aliphatic hydroxyl groups is 1. The molecule has 0 bridgehead atoms. The maximum atomic E-state index is 9.03. The van der Waals surface area contributed by atoms with Crippen LogP contribution in [0.15, 0.2) is 11.2 Å². The SMILES string of the molecule is CCNc1cc(NC(C)(C)CCO)nc(SC)n1. The first kappa shape index (κ1) is 15.0. The molecule has 6 heteroatoms.